The summed E-state index contributed by atoms with van der Waals surface area (Å²) in [6.45, 7) is 4.98. The monoisotopic (exact) mass is 352 g/mol. The van der Waals surface area contributed by atoms with E-state index < -0.39 is 30.0 Å². The maximum atomic E-state index is 12.2. The summed E-state index contributed by atoms with van der Waals surface area (Å²) in [5.74, 6) is -2.13. The molecule has 2 aliphatic rings. The van der Waals surface area contributed by atoms with Gasteiger partial charge in [0.25, 0.3) is 0 Å². The molecule has 140 valence electrons. The topological polar surface area (TPSA) is 93.1 Å². The Bertz CT molecular complexity index is 564. The summed E-state index contributed by atoms with van der Waals surface area (Å²) in [4.78, 5) is 24.3. The quantitative estimate of drug-likeness (QED) is 0.591. The summed E-state index contributed by atoms with van der Waals surface area (Å²) in [7, 11) is 0. The van der Waals surface area contributed by atoms with Gasteiger partial charge in [-0.15, -0.1) is 0 Å². The standard InChI is InChI=1S/C19H28O6/c1-11-5-4-6-14(10-21)8-16-17(13(3)19(23)25-16)15(7-11)24-18(22)12(2)9-20/h5,8,12-13,15-17,20-21H,4,6-7,9-10H2,1-3H3. The minimum Gasteiger partial charge on any atom is -0.461 e. The summed E-state index contributed by atoms with van der Waals surface area (Å²) in [6.07, 6.45) is 4.84. The van der Waals surface area contributed by atoms with Gasteiger partial charge in [0.15, 0.2) is 0 Å². The number of esters is 2. The Morgan fingerprint density at radius 1 is 1.44 bits per heavy atom. The van der Waals surface area contributed by atoms with E-state index in [0.717, 1.165) is 17.6 Å². The van der Waals surface area contributed by atoms with Crippen LogP contribution in [0.25, 0.3) is 0 Å². The molecule has 0 radical (unpaired) electrons. The van der Waals surface area contributed by atoms with Crippen LogP contribution in [0.1, 0.15) is 40.0 Å². The number of fused-ring (bicyclic) bond motifs is 1. The van der Waals surface area contributed by atoms with Gasteiger partial charge in [0.1, 0.15) is 12.2 Å². The molecular weight excluding hydrogens is 324 g/mol. The largest absolute Gasteiger partial charge is 0.461 e. The molecule has 2 N–H and O–H groups in total. The summed E-state index contributed by atoms with van der Waals surface area (Å²) < 4.78 is 11.2. The molecule has 5 atom stereocenters. The minimum atomic E-state index is -0.616. The Morgan fingerprint density at radius 2 is 2.16 bits per heavy atom. The zero-order valence-electron chi connectivity index (χ0n) is 15.1. The molecule has 6 heteroatoms. The Kier molecular flexibility index (Phi) is 6.79. The first-order valence-corrected chi connectivity index (χ1v) is 8.85. The zero-order chi connectivity index (χ0) is 18.6. The first-order chi connectivity index (χ1) is 11.9. The van der Waals surface area contributed by atoms with Crippen molar-refractivity contribution >= 4 is 11.9 Å². The SMILES string of the molecule is CC1=CCCC(CO)=CC2OC(=O)C(C)C2C(OC(=O)C(C)CO)C1. The average Bonchev–Trinajstić information content (AvgIpc) is 2.86. The first-order valence-electron chi connectivity index (χ1n) is 8.85. The third kappa shape index (κ3) is 4.70. The Labute approximate surface area is 148 Å². The fraction of sp³-hybridized carbons (Fsp3) is 0.684. The van der Waals surface area contributed by atoms with Crippen LogP contribution in [0.15, 0.2) is 23.3 Å². The van der Waals surface area contributed by atoms with Gasteiger partial charge < -0.3 is 19.7 Å². The average molecular weight is 352 g/mol. The molecule has 1 fully saturated rings. The second-order valence-corrected chi connectivity index (χ2v) is 7.10. The Morgan fingerprint density at radius 3 is 2.80 bits per heavy atom. The second kappa shape index (κ2) is 8.63. The number of aliphatic hydroxyl groups is 2. The molecule has 0 spiro atoms. The molecule has 1 aliphatic carbocycles. The van der Waals surface area contributed by atoms with Crippen LogP contribution in [0.3, 0.4) is 0 Å². The van der Waals surface area contributed by atoms with Crippen LogP contribution in [0.5, 0.6) is 0 Å². The van der Waals surface area contributed by atoms with Crippen molar-refractivity contribution in [2.45, 2.75) is 52.2 Å². The normalized spacial score (nSPS) is 31.3. The third-order valence-electron chi connectivity index (χ3n) is 5.04. The van der Waals surface area contributed by atoms with Crippen molar-refractivity contribution in [3.8, 4) is 0 Å². The van der Waals surface area contributed by atoms with Crippen LogP contribution >= 0.6 is 0 Å². The fourth-order valence-corrected chi connectivity index (χ4v) is 3.39. The summed E-state index contributed by atoms with van der Waals surface area (Å²) >= 11 is 0. The van der Waals surface area contributed by atoms with Gasteiger partial charge in [-0.25, -0.2) is 0 Å². The minimum absolute atomic E-state index is 0.0892. The number of ether oxygens (including phenoxy) is 2. The smallest absolute Gasteiger partial charge is 0.311 e. The van der Waals surface area contributed by atoms with Crippen LogP contribution in [-0.4, -0.2) is 47.6 Å². The second-order valence-electron chi connectivity index (χ2n) is 7.10. The predicted molar refractivity (Wildman–Crippen MR) is 91.4 cm³/mol. The summed E-state index contributed by atoms with van der Waals surface area (Å²) in [5, 5.41) is 18.8. The van der Waals surface area contributed by atoms with Gasteiger partial charge in [0.05, 0.1) is 31.0 Å². The van der Waals surface area contributed by atoms with E-state index in [4.69, 9.17) is 9.47 Å². The van der Waals surface area contributed by atoms with E-state index in [0.29, 0.717) is 12.8 Å². The lowest BCUT2D eigenvalue weighted by Crippen LogP contribution is -2.37. The zero-order valence-corrected chi connectivity index (χ0v) is 15.1. The molecule has 0 saturated carbocycles. The van der Waals surface area contributed by atoms with Gasteiger partial charge in [-0.3, -0.25) is 9.59 Å². The number of aliphatic hydroxyl groups excluding tert-OH is 2. The van der Waals surface area contributed by atoms with E-state index in [1.807, 2.05) is 6.92 Å². The molecule has 5 unspecified atom stereocenters. The summed E-state index contributed by atoms with van der Waals surface area (Å²) in [6, 6.07) is 0. The van der Waals surface area contributed by atoms with Crippen molar-refractivity contribution in [2.75, 3.05) is 13.2 Å². The van der Waals surface area contributed by atoms with Gasteiger partial charge in [0, 0.05) is 6.42 Å². The number of rotatable bonds is 4. The molecule has 0 aromatic heterocycles. The lowest BCUT2D eigenvalue weighted by molar-refractivity contribution is -0.158. The maximum absolute atomic E-state index is 12.2. The van der Waals surface area contributed by atoms with E-state index in [2.05, 4.69) is 6.08 Å². The molecule has 0 aromatic carbocycles. The van der Waals surface area contributed by atoms with Crippen LogP contribution in [-0.2, 0) is 19.1 Å². The molecule has 6 nitrogen and oxygen atoms in total. The van der Waals surface area contributed by atoms with E-state index >= 15 is 0 Å². The molecule has 25 heavy (non-hydrogen) atoms. The van der Waals surface area contributed by atoms with Crippen LogP contribution in [0, 0.1) is 17.8 Å². The van der Waals surface area contributed by atoms with Gasteiger partial charge in [0.2, 0.25) is 0 Å². The van der Waals surface area contributed by atoms with Crippen molar-refractivity contribution in [1.82, 2.24) is 0 Å². The molecule has 1 saturated heterocycles. The van der Waals surface area contributed by atoms with Gasteiger partial charge in [-0.1, -0.05) is 18.6 Å². The number of carbonyl (C=O) groups is 2. The first kappa shape index (κ1) is 19.7. The van der Waals surface area contributed by atoms with Crippen molar-refractivity contribution in [2.24, 2.45) is 17.8 Å². The fourth-order valence-electron chi connectivity index (χ4n) is 3.39. The van der Waals surface area contributed by atoms with Crippen LogP contribution < -0.4 is 0 Å². The highest BCUT2D eigenvalue weighted by Gasteiger charge is 2.47. The molecular formula is C19H28O6. The number of allylic oxidation sites excluding steroid dienone is 1. The lowest BCUT2D eigenvalue weighted by Gasteiger charge is -2.29. The highest BCUT2D eigenvalue weighted by molar-refractivity contribution is 5.76. The van der Waals surface area contributed by atoms with Crippen molar-refractivity contribution < 1.29 is 29.3 Å². The molecule has 0 bridgehead atoms. The molecule has 0 aromatic rings. The van der Waals surface area contributed by atoms with E-state index in [-0.39, 0.29) is 25.1 Å². The van der Waals surface area contributed by atoms with Crippen LogP contribution in [0.2, 0.25) is 0 Å². The summed E-state index contributed by atoms with van der Waals surface area (Å²) in [5.41, 5.74) is 1.88. The van der Waals surface area contributed by atoms with Gasteiger partial charge in [-0.2, -0.15) is 0 Å². The van der Waals surface area contributed by atoms with Crippen molar-refractivity contribution in [3.63, 3.8) is 0 Å². The maximum Gasteiger partial charge on any atom is 0.311 e. The van der Waals surface area contributed by atoms with E-state index in [1.165, 1.54) is 0 Å². The molecule has 1 heterocycles. The Balaban J connectivity index is 2.35. The molecule has 2 rings (SSSR count). The number of carbonyl (C=O) groups excluding carboxylic acids is 2. The number of hydrogen-bond acceptors (Lipinski definition) is 6. The van der Waals surface area contributed by atoms with Crippen molar-refractivity contribution in [1.29, 1.82) is 0 Å². The van der Waals surface area contributed by atoms with E-state index in [9.17, 15) is 19.8 Å². The van der Waals surface area contributed by atoms with Crippen LogP contribution in [0.4, 0.5) is 0 Å². The lowest BCUT2D eigenvalue weighted by atomic mass is 9.82. The Hall–Kier alpha value is -1.66. The number of hydrogen-bond donors (Lipinski definition) is 2. The van der Waals surface area contributed by atoms with Crippen molar-refractivity contribution in [3.05, 3.63) is 23.3 Å². The third-order valence-corrected chi connectivity index (χ3v) is 5.04. The molecule has 0 amide bonds. The predicted octanol–water partition coefficient (Wildman–Crippen LogP) is 1.75. The van der Waals surface area contributed by atoms with Gasteiger partial charge >= 0.3 is 11.9 Å². The van der Waals surface area contributed by atoms with E-state index in [1.54, 1.807) is 19.9 Å². The highest BCUT2D eigenvalue weighted by Crippen LogP contribution is 2.37. The molecule has 1 aliphatic heterocycles. The highest BCUT2D eigenvalue weighted by atomic mass is 16.6. The van der Waals surface area contributed by atoms with Gasteiger partial charge in [-0.05, 0) is 38.3 Å².